The second kappa shape index (κ2) is 9.38. The van der Waals surface area contributed by atoms with Crippen molar-refractivity contribution in [3.8, 4) is 17.7 Å². The molecular weight excluding hydrogens is 439 g/mol. The number of ether oxygens (including phenoxy) is 1. The van der Waals surface area contributed by atoms with Gasteiger partial charge in [-0.2, -0.15) is 10.2 Å². The maximum Gasteiger partial charge on any atom is 0.354 e. The van der Waals surface area contributed by atoms with Crippen LogP contribution in [0.3, 0.4) is 0 Å². The molecule has 4 aromatic rings. The van der Waals surface area contributed by atoms with Crippen LogP contribution in [0, 0.1) is 24.1 Å². The lowest BCUT2D eigenvalue weighted by Gasteiger charge is -2.15. The molecule has 2 aromatic carbocycles. The summed E-state index contributed by atoms with van der Waals surface area (Å²) in [5.74, 6) is -0.781. The fraction of sp³-hybridized carbons (Fsp3) is 0.125. The number of nitrogens with zero attached hydrogens (tertiary/aromatic N) is 5. The quantitative estimate of drug-likeness (QED) is 0.472. The SMILES string of the molecule is Cc1ccc(Cn2c(Nc3ccc(Oc4cccc(C#N)n4)c(F)c3)nc(=O)n(C)c2=O)cc1. The minimum absolute atomic E-state index is 0.0230. The molecule has 4 rings (SSSR count). The third-order valence-corrected chi connectivity index (χ3v) is 4.96. The van der Waals surface area contributed by atoms with Crippen molar-refractivity contribution in [2.24, 2.45) is 7.05 Å². The summed E-state index contributed by atoms with van der Waals surface area (Å²) in [7, 11) is 1.34. The molecule has 2 aromatic heterocycles. The molecule has 0 saturated heterocycles. The van der Waals surface area contributed by atoms with Crippen LogP contribution in [-0.4, -0.2) is 19.1 Å². The molecular formula is C24H19FN6O3. The highest BCUT2D eigenvalue weighted by Crippen LogP contribution is 2.27. The van der Waals surface area contributed by atoms with Crippen LogP contribution in [0.15, 0.2) is 70.3 Å². The molecule has 0 unspecified atom stereocenters. The number of halogens is 1. The van der Waals surface area contributed by atoms with E-state index in [2.05, 4.69) is 15.3 Å². The van der Waals surface area contributed by atoms with E-state index in [4.69, 9.17) is 10.00 Å². The van der Waals surface area contributed by atoms with Crippen molar-refractivity contribution in [2.75, 3.05) is 5.32 Å². The fourth-order valence-corrected chi connectivity index (χ4v) is 3.13. The molecule has 0 aliphatic carbocycles. The number of anilines is 2. The molecule has 0 atom stereocenters. The van der Waals surface area contributed by atoms with Gasteiger partial charge in [0.15, 0.2) is 11.6 Å². The first kappa shape index (κ1) is 22.4. The van der Waals surface area contributed by atoms with Crippen molar-refractivity contribution in [2.45, 2.75) is 13.5 Å². The Labute approximate surface area is 193 Å². The smallest absolute Gasteiger partial charge is 0.354 e. The lowest BCUT2D eigenvalue weighted by Crippen LogP contribution is -2.41. The van der Waals surface area contributed by atoms with E-state index in [0.717, 1.165) is 21.8 Å². The van der Waals surface area contributed by atoms with E-state index in [1.807, 2.05) is 37.3 Å². The maximum absolute atomic E-state index is 14.7. The molecule has 10 heteroatoms. The zero-order valence-corrected chi connectivity index (χ0v) is 18.3. The Morgan fingerprint density at radius 1 is 1.09 bits per heavy atom. The number of hydrogen-bond donors (Lipinski definition) is 1. The van der Waals surface area contributed by atoms with Crippen LogP contribution in [0.25, 0.3) is 0 Å². The predicted octanol–water partition coefficient (Wildman–Crippen LogP) is 3.24. The first-order valence-electron chi connectivity index (χ1n) is 10.2. The molecule has 170 valence electrons. The summed E-state index contributed by atoms with van der Waals surface area (Å²) in [6.45, 7) is 2.11. The minimum atomic E-state index is -0.739. The van der Waals surface area contributed by atoms with Gasteiger partial charge in [-0.3, -0.25) is 4.57 Å². The molecule has 0 aliphatic rings. The van der Waals surface area contributed by atoms with Crippen molar-refractivity contribution in [1.82, 2.24) is 19.1 Å². The van der Waals surface area contributed by atoms with Gasteiger partial charge >= 0.3 is 11.4 Å². The van der Waals surface area contributed by atoms with Crippen LogP contribution in [0.2, 0.25) is 0 Å². The van der Waals surface area contributed by atoms with Gasteiger partial charge in [0, 0.05) is 24.9 Å². The highest BCUT2D eigenvalue weighted by molar-refractivity contribution is 5.55. The number of aromatic nitrogens is 4. The van der Waals surface area contributed by atoms with Crippen LogP contribution in [-0.2, 0) is 13.6 Å². The molecule has 0 aliphatic heterocycles. The van der Waals surface area contributed by atoms with E-state index in [0.29, 0.717) is 0 Å². The first-order valence-corrected chi connectivity index (χ1v) is 10.2. The van der Waals surface area contributed by atoms with E-state index < -0.39 is 17.2 Å². The summed E-state index contributed by atoms with van der Waals surface area (Å²) >= 11 is 0. The number of nitrogens with one attached hydrogen (secondary N) is 1. The Bertz CT molecular complexity index is 1520. The van der Waals surface area contributed by atoms with E-state index in [1.165, 1.54) is 35.9 Å². The van der Waals surface area contributed by atoms with Gasteiger partial charge in [0.2, 0.25) is 11.8 Å². The molecule has 9 nitrogen and oxygen atoms in total. The molecule has 0 bridgehead atoms. The second-order valence-corrected chi connectivity index (χ2v) is 7.48. The van der Waals surface area contributed by atoms with Gasteiger partial charge in [0.05, 0.1) is 6.54 Å². The maximum atomic E-state index is 14.7. The van der Waals surface area contributed by atoms with Crippen LogP contribution in [0.1, 0.15) is 16.8 Å². The predicted molar refractivity (Wildman–Crippen MR) is 123 cm³/mol. The van der Waals surface area contributed by atoms with Crippen LogP contribution in [0.5, 0.6) is 11.6 Å². The average Bonchev–Trinajstić information content (AvgIpc) is 2.83. The normalized spacial score (nSPS) is 10.5. The Balaban J connectivity index is 1.63. The Morgan fingerprint density at radius 3 is 2.56 bits per heavy atom. The number of benzene rings is 2. The Morgan fingerprint density at radius 2 is 1.85 bits per heavy atom. The summed E-state index contributed by atoms with van der Waals surface area (Å²) in [4.78, 5) is 32.8. The Kier molecular flexibility index (Phi) is 6.18. The molecule has 1 N–H and O–H groups in total. The molecule has 0 amide bonds. The molecule has 2 heterocycles. The second-order valence-electron chi connectivity index (χ2n) is 7.48. The highest BCUT2D eigenvalue weighted by Gasteiger charge is 2.14. The van der Waals surface area contributed by atoms with Crippen molar-refractivity contribution < 1.29 is 9.13 Å². The summed E-state index contributed by atoms with van der Waals surface area (Å²) < 4.78 is 22.3. The zero-order valence-electron chi connectivity index (χ0n) is 18.3. The summed E-state index contributed by atoms with van der Waals surface area (Å²) in [5.41, 5.74) is 0.989. The van der Waals surface area contributed by atoms with E-state index in [-0.39, 0.29) is 35.5 Å². The van der Waals surface area contributed by atoms with Crippen molar-refractivity contribution in [1.29, 1.82) is 5.26 Å². The molecule has 0 radical (unpaired) electrons. The van der Waals surface area contributed by atoms with Crippen molar-refractivity contribution in [3.05, 3.63) is 104 Å². The summed E-state index contributed by atoms with van der Waals surface area (Å²) in [6.07, 6.45) is 0. The standard InChI is InChI=1S/C24H19FN6O3/c1-15-6-8-16(9-7-15)14-31-22(29-23(32)30(2)24(31)33)28-17-10-11-20(19(25)12-17)34-21-5-3-4-18(13-26)27-21/h3-12H,14H2,1-2H3,(H,28,29,32). The number of rotatable bonds is 6. The highest BCUT2D eigenvalue weighted by atomic mass is 19.1. The van der Waals surface area contributed by atoms with Gasteiger partial charge in [-0.25, -0.2) is 23.5 Å². The summed E-state index contributed by atoms with van der Waals surface area (Å²) in [6, 6.07) is 18.0. The number of pyridine rings is 1. The van der Waals surface area contributed by atoms with Crippen molar-refractivity contribution in [3.63, 3.8) is 0 Å². The lowest BCUT2D eigenvalue weighted by molar-refractivity contribution is 0.427. The summed E-state index contributed by atoms with van der Waals surface area (Å²) in [5, 5.41) is 11.8. The lowest BCUT2D eigenvalue weighted by atomic mass is 10.1. The van der Waals surface area contributed by atoms with Crippen LogP contribution < -0.4 is 21.4 Å². The molecule has 34 heavy (non-hydrogen) atoms. The third-order valence-electron chi connectivity index (χ3n) is 4.96. The van der Waals surface area contributed by atoms with Crippen molar-refractivity contribution >= 4 is 11.6 Å². The number of aryl methyl sites for hydroxylation is 1. The largest absolute Gasteiger partial charge is 0.436 e. The van der Waals surface area contributed by atoms with Gasteiger partial charge in [-0.1, -0.05) is 35.9 Å². The minimum Gasteiger partial charge on any atom is -0.436 e. The monoisotopic (exact) mass is 458 g/mol. The molecule has 0 fully saturated rings. The molecule has 0 saturated carbocycles. The van der Waals surface area contributed by atoms with Crippen LogP contribution >= 0.6 is 0 Å². The topological polar surface area (TPSA) is 115 Å². The van der Waals surface area contributed by atoms with Gasteiger partial charge in [0.25, 0.3) is 0 Å². The van der Waals surface area contributed by atoms with Crippen LogP contribution in [0.4, 0.5) is 16.0 Å². The fourth-order valence-electron chi connectivity index (χ4n) is 3.13. The average molecular weight is 458 g/mol. The third kappa shape index (κ3) is 4.83. The van der Waals surface area contributed by atoms with E-state index >= 15 is 0 Å². The van der Waals surface area contributed by atoms with E-state index in [9.17, 15) is 14.0 Å². The van der Waals surface area contributed by atoms with Gasteiger partial charge < -0.3 is 10.1 Å². The number of hydrogen-bond acceptors (Lipinski definition) is 7. The molecule has 0 spiro atoms. The van der Waals surface area contributed by atoms with Gasteiger partial charge in [-0.05, 0) is 30.7 Å². The van der Waals surface area contributed by atoms with E-state index in [1.54, 1.807) is 6.07 Å². The Hall–Kier alpha value is -4.78. The van der Waals surface area contributed by atoms with Gasteiger partial charge in [-0.15, -0.1) is 0 Å². The first-order chi connectivity index (χ1) is 16.3. The van der Waals surface area contributed by atoms with Gasteiger partial charge in [0.1, 0.15) is 11.8 Å². The number of nitriles is 1. The zero-order chi connectivity index (χ0) is 24.2.